The molecule has 15 heavy (non-hydrogen) atoms. The van der Waals surface area contributed by atoms with Crippen molar-refractivity contribution in [2.24, 2.45) is 17.8 Å². The molecule has 0 aromatic heterocycles. The van der Waals surface area contributed by atoms with Crippen LogP contribution in [-0.4, -0.2) is 17.9 Å². The maximum absolute atomic E-state index is 11.6. The first-order valence-electron chi connectivity index (χ1n) is 5.53. The molecule has 0 aromatic rings. The number of Topliss-reactive ketones (excluding diaryl/α,β-unsaturated/α-hetero) is 2. The van der Waals surface area contributed by atoms with Gasteiger partial charge >= 0.3 is 0 Å². The fourth-order valence-electron chi connectivity index (χ4n) is 2.48. The van der Waals surface area contributed by atoms with Gasteiger partial charge in [0.2, 0.25) is 0 Å². The molecule has 0 N–H and O–H groups in total. The van der Waals surface area contributed by atoms with Gasteiger partial charge in [0.1, 0.15) is 17.9 Å². The molecule has 0 bridgehead atoms. The van der Waals surface area contributed by atoms with Gasteiger partial charge in [0, 0.05) is 11.8 Å². The predicted octanol–water partition coefficient (Wildman–Crippen LogP) is 1.79. The van der Waals surface area contributed by atoms with E-state index in [1.54, 1.807) is 6.92 Å². The molecular weight excluding hydrogens is 192 g/mol. The van der Waals surface area contributed by atoms with E-state index in [1.807, 2.05) is 6.92 Å². The molecule has 1 aliphatic carbocycles. The van der Waals surface area contributed by atoms with Gasteiger partial charge in [-0.25, -0.2) is 0 Å². The lowest BCUT2D eigenvalue weighted by Crippen LogP contribution is -2.31. The second-order valence-corrected chi connectivity index (χ2v) is 4.54. The van der Waals surface area contributed by atoms with Gasteiger partial charge in [-0.1, -0.05) is 6.92 Å². The minimum absolute atomic E-state index is 0.00852. The van der Waals surface area contributed by atoms with Gasteiger partial charge in [0.15, 0.2) is 0 Å². The Bertz CT molecular complexity index is 270. The molecule has 0 radical (unpaired) electrons. The van der Waals surface area contributed by atoms with E-state index in [1.165, 1.54) is 0 Å². The molecule has 0 amide bonds. The van der Waals surface area contributed by atoms with Crippen LogP contribution < -0.4 is 0 Å². The fourth-order valence-corrected chi connectivity index (χ4v) is 2.48. The monoisotopic (exact) mass is 210 g/mol. The van der Waals surface area contributed by atoms with Crippen molar-refractivity contribution >= 4 is 17.9 Å². The summed E-state index contributed by atoms with van der Waals surface area (Å²) in [7, 11) is 0. The van der Waals surface area contributed by atoms with E-state index in [2.05, 4.69) is 0 Å². The lowest BCUT2D eigenvalue weighted by atomic mass is 9.72. The largest absolute Gasteiger partial charge is 0.303 e. The summed E-state index contributed by atoms with van der Waals surface area (Å²) < 4.78 is 0. The number of hydrogen-bond donors (Lipinski definition) is 0. The van der Waals surface area contributed by atoms with Crippen molar-refractivity contribution in [2.75, 3.05) is 0 Å². The molecule has 3 atom stereocenters. The van der Waals surface area contributed by atoms with Crippen LogP contribution >= 0.6 is 0 Å². The van der Waals surface area contributed by atoms with Crippen molar-refractivity contribution in [3.8, 4) is 0 Å². The fraction of sp³-hybridized carbons (Fsp3) is 0.750. The van der Waals surface area contributed by atoms with Crippen molar-refractivity contribution in [2.45, 2.75) is 39.5 Å². The Morgan fingerprint density at radius 2 is 2.00 bits per heavy atom. The van der Waals surface area contributed by atoms with Crippen LogP contribution in [0.3, 0.4) is 0 Å². The van der Waals surface area contributed by atoms with E-state index in [0.29, 0.717) is 6.29 Å². The Morgan fingerprint density at radius 1 is 1.33 bits per heavy atom. The number of rotatable bonds is 4. The molecule has 0 saturated heterocycles. The number of hydrogen-bond acceptors (Lipinski definition) is 3. The molecule has 1 rings (SSSR count). The number of carbonyl (C=O) groups is 3. The van der Waals surface area contributed by atoms with Gasteiger partial charge in [0.05, 0.1) is 6.42 Å². The van der Waals surface area contributed by atoms with Crippen LogP contribution in [0, 0.1) is 17.8 Å². The van der Waals surface area contributed by atoms with Crippen LogP contribution in [0.2, 0.25) is 0 Å². The summed E-state index contributed by atoms with van der Waals surface area (Å²) in [6, 6.07) is 0. The van der Waals surface area contributed by atoms with Gasteiger partial charge < -0.3 is 4.79 Å². The van der Waals surface area contributed by atoms with Crippen LogP contribution in [0.4, 0.5) is 0 Å². The highest BCUT2D eigenvalue weighted by atomic mass is 16.1. The van der Waals surface area contributed by atoms with Gasteiger partial charge in [-0.3, -0.25) is 9.59 Å². The van der Waals surface area contributed by atoms with Crippen molar-refractivity contribution in [3.63, 3.8) is 0 Å². The molecule has 1 aliphatic rings. The van der Waals surface area contributed by atoms with Crippen molar-refractivity contribution < 1.29 is 14.4 Å². The van der Waals surface area contributed by atoms with Crippen LogP contribution in [-0.2, 0) is 14.4 Å². The lowest BCUT2D eigenvalue weighted by Gasteiger charge is -2.31. The smallest absolute Gasteiger partial charge is 0.143 e. The minimum atomic E-state index is -0.00852. The summed E-state index contributed by atoms with van der Waals surface area (Å²) in [6.07, 6.45) is 3.06. The zero-order valence-corrected chi connectivity index (χ0v) is 9.36. The predicted molar refractivity (Wildman–Crippen MR) is 56.4 cm³/mol. The summed E-state index contributed by atoms with van der Waals surface area (Å²) >= 11 is 0. The molecule has 0 spiro atoms. The van der Waals surface area contributed by atoms with E-state index in [9.17, 15) is 14.4 Å². The molecule has 3 nitrogen and oxygen atoms in total. The third-order valence-corrected chi connectivity index (χ3v) is 3.44. The Labute approximate surface area is 90.2 Å². The first-order chi connectivity index (χ1) is 7.06. The highest BCUT2D eigenvalue weighted by molar-refractivity contribution is 5.91. The highest BCUT2D eigenvalue weighted by Crippen LogP contribution is 2.34. The Hall–Kier alpha value is -0.990. The summed E-state index contributed by atoms with van der Waals surface area (Å²) in [4.78, 5) is 33.0. The molecule has 0 aromatic carbocycles. The Balaban J connectivity index is 2.55. The summed E-state index contributed by atoms with van der Waals surface area (Å²) in [5.41, 5.74) is 0. The van der Waals surface area contributed by atoms with Crippen molar-refractivity contribution in [3.05, 3.63) is 0 Å². The molecule has 0 heterocycles. The van der Waals surface area contributed by atoms with Crippen LogP contribution in [0.25, 0.3) is 0 Å². The average Bonchev–Trinajstić information content (AvgIpc) is 2.17. The number of ketones is 2. The molecule has 0 aliphatic heterocycles. The quantitative estimate of drug-likeness (QED) is 0.525. The SMILES string of the molecule is CC(=O)C1CCC(C(=O)CC=O)C(C)C1. The second-order valence-electron chi connectivity index (χ2n) is 4.54. The summed E-state index contributed by atoms with van der Waals surface area (Å²) in [5, 5.41) is 0. The molecule has 3 unspecified atom stereocenters. The normalized spacial score (nSPS) is 30.9. The molecular formula is C12H18O3. The highest BCUT2D eigenvalue weighted by Gasteiger charge is 2.33. The van der Waals surface area contributed by atoms with E-state index in [0.717, 1.165) is 19.3 Å². The van der Waals surface area contributed by atoms with Gasteiger partial charge in [-0.05, 0) is 32.1 Å². The van der Waals surface area contributed by atoms with E-state index in [-0.39, 0.29) is 35.7 Å². The van der Waals surface area contributed by atoms with Crippen LogP contribution in [0.5, 0.6) is 0 Å². The maximum Gasteiger partial charge on any atom is 0.143 e. The zero-order valence-electron chi connectivity index (χ0n) is 9.36. The standard InChI is InChI=1S/C12H18O3/c1-8-7-10(9(2)14)3-4-11(8)12(15)5-6-13/h6,8,10-11H,3-5,7H2,1-2H3. The summed E-state index contributed by atoms with van der Waals surface area (Å²) in [6.45, 7) is 3.62. The third-order valence-electron chi connectivity index (χ3n) is 3.44. The number of aldehydes is 1. The molecule has 1 fully saturated rings. The van der Waals surface area contributed by atoms with Gasteiger partial charge in [-0.15, -0.1) is 0 Å². The van der Waals surface area contributed by atoms with Crippen LogP contribution in [0.15, 0.2) is 0 Å². The first kappa shape index (κ1) is 12.1. The van der Waals surface area contributed by atoms with E-state index in [4.69, 9.17) is 0 Å². The lowest BCUT2D eigenvalue weighted by molar-refractivity contribution is -0.130. The minimum Gasteiger partial charge on any atom is -0.303 e. The topological polar surface area (TPSA) is 51.2 Å². The second kappa shape index (κ2) is 5.19. The van der Waals surface area contributed by atoms with E-state index < -0.39 is 0 Å². The Morgan fingerprint density at radius 3 is 2.47 bits per heavy atom. The first-order valence-corrected chi connectivity index (χ1v) is 5.53. The summed E-state index contributed by atoms with van der Waals surface area (Å²) in [5.74, 6) is 0.619. The maximum atomic E-state index is 11.6. The van der Waals surface area contributed by atoms with Gasteiger partial charge in [-0.2, -0.15) is 0 Å². The van der Waals surface area contributed by atoms with Crippen molar-refractivity contribution in [1.82, 2.24) is 0 Å². The molecule has 1 saturated carbocycles. The third kappa shape index (κ3) is 2.98. The van der Waals surface area contributed by atoms with Gasteiger partial charge in [0.25, 0.3) is 0 Å². The molecule has 84 valence electrons. The van der Waals surface area contributed by atoms with Crippen LogP contribution in [0.1, 0.15) is 39.5 Å². The van der Waals surface area contributed by atoms with E-state index >= 15 is 0 Å². The zero-order chi connectivity index (χ0) is 11.4. The van der Waals surface area contributed by atoms with Crippen molar-refractivity contribution in [1.29, 1.82) is 0 Å². The molecule has 3 heteroatoms. The Kier molecular flexibility index (Phi) is 4.18. The number of carbonyl (C=O) groups excluding carboxylic acids is 3. The average molecular weight is 210 g/mol.